The van der Waals surface area contributed by atoms with E-state index in [-0.39, 0.29) is 29.8 Å². The molecule has 0 bridgehead atoms. The molecule has 6 nitrogen and oxygen atoms in total. The molecule has 168 valence electrons. The summed E-state index contributed by atoms with van der Waals surface area (Å²) >= 11 is 0. The maximum Gasteiger partial charge on any atom is 0.325 e. The summed E-state index contributed by atoms with van der Waals surface area (Å²) in [5.41, 5.74) is 0.158. The molecule has 1 aromatic rings. The summed E-state index contributed by atoms with van der Waals surface area (Å²) in [6.45, 7) is 8.82. The molecule has 31 heavy (non-hydrogen) atoms. The highest BCUT2D eigenvalue weighted by molar-refractivity contribution is 6.09. The second kappa shape index (κ2) is 7.95. The first-order valence-electron chi connectivity index (χ1n) is 11.6. The lowest BCUT2D eigenvalue weighted by Crippen LogP contribution is -2.54. The van der Waals surface area contributed by atoms with Gasteiger partial charge in [0.25, 0.3) is 5.91 Å². The summed E-state index contributed by atoms with van der Waals surface area (Å²) in [4.78, 5) is 42.7. The van der Waals surface area contributed by atoms with E-state index in [0.717, 1.165) is 29.7 Å². The number of carbonyl (C=O) groups excluding carboxylic acids is 3. The Morgan fingerprint density at radius 3 is 2.48 bits per heavy atom. The molecule has 2 saturated carbocycles. The normalized spacial score (nSPS) is 28.5. The zero-order chi connectivity index (χ0) is 22.4. The van der Waals surface area contributed by atoms with Crippen LogP contribution in [-0.2, 0) is 16.1 Å². The molecule has 1 aliphatic heterocycles. The number of rotatable bonds is 6. The van der Waals surface area contributed by atoms with Crippen LogP contribution in [-0.4, -0.2) is 45.8 Å². The van der Waals surface area contributed by atoms with Crippen LogP contribution >= 0.6 is 0 Å². The number of nitrogens with one attached hydrogen (secondary N) is 1. The lowest BCUT2D eigenvalue weighted by atomic mass is 9.64. The quantitative estimate of drug-likeness (QED) is 0.702. The number of hydrogen-bond acceptors (Lipinski definition) is 3. The van der Waals surface area contributed by atoms with Crippen molar-refractivity contribution < 1.29 is 14.4 Å². The highest BCUT2D eigenvalue weighted by Crippen LogP contribution is 2.46. The average molecular weight is 426 g/mol. The van der Waals surface area contributed by atoms with Gasteiger partial charge in [-0.3, -0.25) is 14.5 Å². The number of urea groups is 1. The highest BCUT2D eigenvalue weighted by Gasteiger charge is 2.56. The molecule has 1 N–H and O–H groups in total. The Kier molecular flexibility index (Phi) is 5.61. The Morgan fingerprint density at radius 2 is 1.87 bits per heavy atom. The predicted octanol–water partition coefficient (Wildman–Crippen LogP) is 3.95. The van der Waals surface area contributed by atoms with Gasteiger partial charge in [-0.25, -0.2) is 4.79 Å². The standard InChI is InChI=1S/C25H35N3O3/c1-17-12-24(3,4)16-25(13-17)22(30)28(23(31)26-25)15-21(29)27(18(2)20-10-11-20)14-19-8-6-5-7-9-19/h5-9,17-18,20H,10-16H2,1-4H3,(H,26,31). The molecule has 2 aliphatic carbocycles. The van der Waals surface area contributed by atoms with Crippen molar-refractivity contribution in [1.29, 1.82) is 0 Å². The van der Waals surface area contributed by atoms with Crippen LogP contribution in [0.25, 0.3) is 0 Å². The molecule has 1 saturated heterocycles. The van der Waals surface area contributed by atoms with E-state index in [9.17, 15) is 14.4 Å². The Hall–Kier alpha value is -2.37. The van der Waals surface area contributed by atoms with Crippen molar-refractivity contribution in [3.8, 4) is 0 Å². The van der Waals surface area contributed by atoms with Crippen LogP contribution < -0.4 is 5.32 Å². The molecule has 3 aliphatic rings. The van der Waals surface area contributed by atoms with Crippen LogP contribution in [0.15, 0.2) is 30.3 Å². The van der Waals surface area contributed by atoms with Crippen molar-refractivity contribution in [1.82, 2.24) is 15.1 Å². The number of nitrogens with zero attached hydrogens (tertiary/aromatic N) is 2. The molecule has 1 aromatic carbocycles. The van der Waals surface area contributed by atoms with Gasteiger partial charge in [-0.05, 0) is 61.8 Å². The summed E-state index contributed by atoms with van der Waals surface area (Å²) in [7, 11) is 0. The summed E-state index contributed by atoms with van der Waals surface area (Å²) in [5.74, 6) is 0.450. The third-order valence-electron chi connectivity index (χ3n) is 7.23. The van der Waals surface area contributed by atoms with Gasteiger partial charge in [0.15, 0.2) is 0 Å². The van der Waals surface area contributed by atoms with Gasteiger partial charge in [0.2, 0.25) is 5.91 Å². The Labute approximate surface area is 185 Å². The minimum absolute atomic E-state index is 0.0273. The molecular weight excluding hydrogens is 390 g/mol. The fourth-order valence-electron chi connectivity index (χ4n) is 5.95. The molecule has 1 heterocycles. The third-order valence-corrected chi connectivity index (χ3v) is 7.23. The molecule has 3 atom stereocenters. The number of benzene rings is 1. The van der Waals surface area contributed by atoms with Crippen molar-refractivity contribution in [2.75, 3.05) is 6.54 Å². The maximum absolute atomic E-state index is 13.4. The largest absolute Gasteiger partial charge is 0.334 e. The first kappa shape index (κ1) is 21.8. The average Bonchev–Trinajstić information content (AvgIpc) is 3.50. The van der Waals surface area contributed by atoms with Gasteiger partial charge in [-0.1, -0.05) is 51.1 Å². The van der Waals surface area contributed by atoms with Crippen molar-refractivity contribution in [2.24, 2.45) is 17.3 Å². The van der Waals surface area contributed by atoms with E-state index in [1.54, 1.807) is 0 Å². The Bertz CT molecular complexity index is 864. The minimum atomic E-state index is -0.870. The van der Waals surface area contributed by atoms with Crippen molar-refractivity contribution in [2.45, 2.75) is 77.9 Å². The first-order chi connectivity index (χ1) is 14.6. The van der Waals surface area contributed by atoms with E-state index < -0.39 is 11.6 Å². The van der Waals surface area contributed by atoms with Crippen LogP contribution in [0, 0.1) is 17.3 Å². The van der Waals surface area contributed by atoms with Gasteiger partial charge in [0.1, 0.15) is 12.1 Å². The van der Waals surface area contributed by atoms with E-state index >= 15 is 0 Å². The van der Waals surface area contributed by atoms with Crippen molar-refractivity contribution >= 4 is 17.8 Å². The second-order valence-electron chi connectivity index (χ2n) is 10.8. The number of amides is 4. The molecular formula is C25H35N3O3. The third kappa shape index (κ3) is 4.48. The maximum atomic E-state index is 13.4. The topological polar surface area (TPSA) is 69.7 Å². The van der Waals surface area contributed by atoms with Gasteiger partial charge in [-0.15, -0.1) is 0 Å². The number of hydrogen-bond donors (Lipinski definition) is 1. The molecule has 0 radical (unpaired) electrons. The molecule has 3 unspecified atom stereocenters. The molecule has 4 rings (SSSR count). The molecule has 3 fully saturated rings. The smallest absolute Gasteiger partial charge is 0.325 e. The molecule has 4 amide bonds. The van der Waals surface area contributed by atoms with Gasteiger partial charge in [0, 0.05) is 12.6 Å². The predicted molar refractivity (Wildman–Crippen MR) is 119 cm³/mol. The fraction of sp³-hybridized carbons (Fsp3) is 0.640. The van der Waals surface area contributed by atoms with Crippen LogP contribution in [0.1, 0.15) is 65.4 Å². The van der Waals surface area contributed by atoms with E-state index in [4.69, 9.17) is 0 Å². The Balaban J connectivity index is 1.51. The molecule has 6 heteroatoms. The van der Waals surface area contributed by atoms with Crippen LogP contribution in [0.3, 0.4) is 0 Å². The van der Waals surface area contributed by atoms with Crippen LogP contribution in [0.2, 0.25) is 0 Å². The highest BCUT2D eigenvalue weighted by atomic mass is 16.2. The number of carbonyl (C=O) groups is 3. The summed E-state index contributed by atoms with van der Waals surface area (Å²) < 4.78 is 0. The Morgan fingerprint density at radius 1 is 1.19 bits per heavy atom. The van der Waals surface area contributed by atoms with Gasteiger partial charge in [-0.2, -0.15) is 0 Å². The van der Waals surface area contributed by atoms with Crippen molar-refractivity contribution in [3.05, 3.63) is 35.9 Å². The van der Waals surface area contributed by atoms with Crippen LogP contribution in [0.5, 0.6) is 0 Å². The summed E-state index contributed by atoms with van der Waals surface area (Å²) in [6.07, 6.45) is 4.53. The van der Waals surface area contributed by atoms with Crippen molar-refractivity contribution in [3.63, 3.8) is 0 Å². The van der Waals surface area contributed by atoms with Crippen LogP contribution in [0.4, 0.5) is 4.79 Å². The zero-order valence-electron chi connectivity index (χ0n) is 19.2. The van der Waals surface area contributed by atoms with Gasteiger partial charge in [0.05, 0.1) is 0 Å². The zero-order valence-corrected chi connectivity index (χ0v) is 19.2. The molecule has 1 spiro atoms. The summed E-state index contributed by atoms with van der Waals surface area (Å²) in [5, 5.41) is 2.98. The second-order valence-corrected chi connectivity index (χ2v) is 10.8. The first-order valence-corrected chi connectivity index (χ1v) is 11.6. The van der Waals surface area contributed by atoms with E-state index in [1.807, 2.05) is 35.2 Å². The lowest BCUT2D eigenvalue weighted by molar-refractivity contribution is -0.142. The summed E-state index contributed by atoms with van der Waals surface area (Å²) in [6, 6.07) is 9.57. The fourth-order valence-corrected chi connectivity index (χ4v) is 5.95. The van der Waals surface area contributed by atoms with E-state index in [0.29, 0.717) is 31.2 Å². The monoisotopic (exact) mass is 425 g/mol. The van der Waals surface area contributed by atoms with Gasteiger partial charge >= 0.3 is 6.03 Å². The van der Waals surface area contributed by atoms with E-state index in [2.05, 4.69) is 33.0 Å². The van der Waals surface area contributed by atoms with E-state index in [1.165, 1.54) is 0 Å². The lowest BCUT2D eigenvalue weighted by Gasteiger charge is -2.43. The number of imide groups is 1. The minimum Gasteiger partial charge on any atom is -0.334 e. The molecule has 0 aromatic heterocycles. The van der Waals surface area contributed by atoms with Gasteiger partial charge < -0.3 is 10.2 Å². The SMILES string of the molecule is CC1CC(C)(C)CC2(C1)NC(=O)N(CC(=O)N(Cc1ccccc1)C(C)C1CC1)C2=O.